The maximum atomic E-state index is 13.3. The molecule has 1 atom stereocenters. The minimum Gasteiger partial charge on any atom is -0.459 e. The molecule has 1 aliphatic rings. The quantitative estimate of drug-likeness (QED) is 0.490. The van der Waals surface area contributed by atoms with Gasteiger partial charge in [0.05, 0.1) is 34.2 Å². The Morgan fingerprint density at radius 2 is 1.75 bits per heavy atom. The maximum Gasteiger partial charge on any atom is 0.200 e. The molecule has 5 rings (SSSR count). The fraction of sp³-hybridized carbons (Fsp3) is 0.0417. The van der Waals surface area contributed by atoms with Crippen molar-refractivity contribution in [1.29, 1.82) is 5.26 Å². The Hall–Kier alpha value is -3.97. The molecular weight excluding hydrogens is 348 g/mol. The van der Waals surface area contributed by atoms with Crippen LogP contribution in [0.1, 0.15) is 34.1 Å². The van der Waals surface area contributed by atoms with Crippen molar-refractivity contribution in [3.8, 4) is 6.07 Å². The average molecular weight is 362 g/mol. The Labute approximate surface area is 161 Å². The average Bonchev–Trinajstić information content (AvgIpc) is 2.89. The summed E-state index contributed by atoms with van der Waals surface area (Å²) in [5, 5.41) is 10.3. The van der Waals surface area contributed by atoms with Gasteiger partial charge in [-0.3, -0.25) is 9.78 Å². The van der Waals surface area contributed by atoms with Gasteiger partial charge in [0.1, 0.15) is 11.3 Å². The van der Waals surface area contributed by atoms with Crippen molar-refractivity contribution in [3.63, 3.8) is 0 Å². The Bertz CT molecular complexity index is 1340. The molecule has 2 aromatic heterocycles. The van der Waals surface area contributed by atoms with E-state index >= 15 is 0 Å². The van der Waals surface area contributed by atoms with Crippen molar-refractivity contribution in [2.45, 2.75) is 5.92 Å². The lowest BCUT2D eigenvalue weighted by atomic mass is 9.87. The van der Waals surface area contributed by atoms with Gasteiger partial charge in [-0.05, 0) is 41.5 Å². The van der Waals surface area contributed by atoms with Crippen molar-refractivity contribution in [2.75, 3.05) is 0 Å². The van der Waals surface area contributed by atoms with Gasteiger partial charge in [-0.25, -0.2) is 0 Å². The molecule has 1 unspecified atom stereocenters. The van der Waals surface area contributed by atoms with E-state index in [1.54, 1.807) is 24.4 Å². The summed E-state index contributed by atoms with van der Waals surface area (Å²) in [6.45, 7) is 0. The zero-order valence-electron chi connectivity index (χ0n) is 14.8. The van der Waals surface area contributed by atoms with Crippen molar-refractivity contribution >= 4 is 22.6 Å². The predicted molar refractivity (Wildman–Crippen MR) is 108 cm³/mol. The second-order valence-electron chi connectivity index (χ2n) is 6.65. The Balaban J connectivity index is 1.96. The summed E-state index contributed by atoms with van der Waals surface area (Å²) in [6.07, 6.45) is 3.37. The normalized spacial score (nSPS) is 15.1. The van der Waals surface area contributed by atoms with Crippen molar-refractivity contribution in [1.82, 2.24) is 4.98 Å². The first-order valence-corrected chi connectivity index (χ1v) is 8.95. The zero-order valence-corrected chi connectivity index (χ0v) is 14.8. The van der Waals surface area contributed by atoms with Gasteiger partial charge in [-0.1, -0.05) is 42.5 Å². The molecule has 0 saturated carbocycles. The van der Waals surface area contributed by atoms with E-state index in [1.807, 2.05) is 54.6 Å². The van der Waals surface area contributed by atoms with Crippen LogP contribution in [0.3, 0.4) is 0 Å². The first-order chi connectivity index (χ1) is 13.8. The summed E-state index contributed by atoms with van der Waals surface area (Å²) < 4.78 is 6.27. The van der Waals surface area contributed by atoms with Crippen molar-refractivity contribution < 1.29 is 4.42 Å². The molecule has 0 radical (unpaired) electrons. The van der Waals surface area contributed by atoms with E-state index in [1.165, 1.54) is 0 Å². The molecule has 4 aromatic rings. The Morgan fingerprint density at radius 1 is 0.964 bits per heavy atom. The molecule has 132 valence electrons. The van der Waals surface area contributed by atoms with Crippen LogP contribution in [0.5, 0.6) is 0 Å². The first kappa shape index (κ1) is 16.2. The molecule has 0 spiro atoms. The van der Waals surface area contributed by atoms with E-state index in [4.69, 9.17) is 4.42 Å². The number of para-hydroxylation sites is 1. The summed E-state index contributed by atoms with van der Waals surface area (Å²) in [7, 11) is 0. The molecule has 4 nitrogen and oxygen atoms in total. The van der Waals surface area contributed by atoms with E-state index in [0.717, 1.165) is 16.8 Å². The first-order valence-electron chi connectivity index (χ1n) is 8.95. The summed E-state index contributed by atoms with van der Waals surface area (Å²) >= 11 is 0. The molecule has 2 heterocycles. The lowest BCUT2D eigenvalue weighted by molar-refractivity contribution is 0.524. The van der Waals surface area contributed by atoms with Crippen LogP contribution in [0.2, 0.25) is 0 Å². The summed E-state index contributed by atoms with van der Waals surface area (Å²) in [5.74, 6) is 0.131. The third-order valence-corrected chi connectivity index (χ3v) is 5.08. The number of hydrogen-bond acceptors (Lipinski definition) is 4. The summed E-state index contributed by atoms with van der Waals surface area (Å²) in [5.41, 5.74) is 3.68. The number of pyridine rings is 1. The van der Waals surface area contributed by atoms with Crippen LogP contribution >= 0.6 is 0 Å². The second kappa shape index (κ2) is 6.33. The number of rotatable bonds is 1. The molecule has 0 N–H and O–H groups in total. The van der Waals surface area contributed by atoms with Gasteiger partial charge in [-0.2, -0.15) is 5.26 Å². The van der Waals surface area contributed by atoms with E-state index in [-0.39, 0.29) is 11.3 Å². The van der Waals surface area contributed by atoms with Crippen molar-refractivity contribution in [3.05, 3.63) is 111 Å². The predicted octanol–water partition coefficient (Wildman–Crippen LogP) is 4.75. The van der Waals surface area contributed by atoms with Crippen LogP contribution < -0.4 is 5.43 Å². The highest BCUT2D eigenvalue weighted by Gasteiger charge is 2.31. The molecular formula is C24H14N2O2. The highest BCUT2D eigenvalue weighted by Crippen LogP contribution is 2.40. The van der Waals surface area contributed by atoms with Crippen LogP contribution in [-0.4, -0.2) is 4.98 Å². The fourth-order valence-corrected chi connectivity index (χ4v) is 3.81. The highest BCUT2D eigenvalue weighted by atomic mass is 16.3. The van der Waals surface area contributed by atoms with Gasteiger partial charge in [0.15, 0.2) is 5.43 Å². The lowest BCUT2D eigenvalue weighted by Gasteiger charge is -2.19. The van der Waals surface area contributed by atoms with Gasteiger partial charge in [-0.15, -0.1) is 0 Å². The summed E-state index contributed by atoms with van der Waals surface area (Å²) in [4.78, 5) is 17.8. The van der Waals surface area contributed by atoms with Crippen LogP contribution in [-0.2, 0) is 0 Å². The van der Waals surface area contributed by atoms with Gasteiger partial charge >= 0.3 is 0 Å². The van der Waals surface area contributed by atoms with Gasteiger partial charge in [0.25, 0.3) is 0 Å². The minimum absolute atomic E-state index is 0.140. The van der Waals surface area contributed by atoms with Crippen LogP contribution in [0.4, 0.5) is 0 Å². The molecule has 2 aromatic carbocycles. The van der Waals surface area contributed by atoms with Crippen molar-refractivity contribution in [2.24, 2.45) is 0 Å². The number of hydrogen-bond donors (Lipinski definition) is 0. The SMILES string of the molecule is N#CC1=Cc2c(oc3ccccc3c2=O)C(c2ccccn2)c2ccccc21. The highest BCUT2D eigenvalue weighted by molar-refractivity contribution is 5.94. The molecule has 0 fully saturated rings. The maximum absolute atomic E-state index is 13.3. The number of fused-ring (bicyclic) bond motifs is 3. The smallest absolute Gasteiger partial charge is 0.200 e. The van der Waals surface area contributed by atoms with E-state index < -0.39 is 0 Å². The van der Waals surface area contributed by atoms with E-state index in [0.29, 0.717) is 27.9 Å². The largest absolute Gasteiger partial charge is 0.459 e. The molecule has 4 heteroatoms. The third kappa shape index (κ3) is 2.38. The third-order valence-electron chi connectivity index (χ3n) is 5.08. The van der Waals surface area contributed by atoms with Gasteiger partial charge in [0.2, 0.25) is 0 Å². The van der Waals surface area contributed by atoms with Crippen LogP contribution in [0.25, 0.3) is 22.6 Å². The Kier molecular flexibility index (Phi) is 3.67. The van der Waals surface area contributed by atoms with Crippen LogP contribution in [0, 0.1) is 11.3 Å². The molecule has 0 amide bonds. The van der Waals surface area contributed by atoms with E-state index in [2.05, 4.69) is 11.1 Å². The summed E-state index contributed by atoms with van der Waals surface area (Å²) in [6, 6.07) is 22.8. The number of allylic oxidation sites excluding steroid dienone is 1. The van der Waals surface area contributed by atoms with E-state index in [9.17, 15) is 10.1 Å². The molecule has 28 heavy (non-hydrogen) atoms. The van der Waals surface area contributed by atoms with Gasteiger partial charge in [0, 0.05) is 6.20 Å². The zero-order chi connectivity index (χ0) is 19.1. The number of aromatic nitrogens is 1. The topological polar surface area (TPSA) is 66.9 Å². The van der Waals surface area contributed by atoms with Crippen LogP contribution in [0.15, 0.2) is 82.1 Å². The standard InChI is InChI=1S/C24H14N2O2/c25-14-15-13-19-23(27)18-9-3-4-11-21(18)28-24(19)22(20-10-5-6-12-26-20)17-8-2-1-7-16(15)17/h1-13,22H. The Morgan fingerprint density at radius 3 is 2.57 bits per heavy atom. The molecule has 0 saturated heterocycles. The lowest BCUT2D eigenvalue weighted by Crippen LogP contribution is -2.14. The number of nitrogens with zero attached hydrogens (tertiary/aromatic N) is 2. The molecule has 1 aliphatic carbocycles. The number of nitriles is 1. The molecule has 0 bridgehead atoms. The minimum atomic E-state index is -0.383. The second-order valence-corrected chi connectivity index (χ2v) is 6.65. The van der Waals surface area contributed by atoms with Gasteiger partial charge < -0.3 is 4.42 Å². The number of benzene rings is 2. The molecule has 0 aliphatic heterocycles. The monoisotopic (exact) mass is 362 g/mol. The fourth-order valence-electron chi connectivity index (χ4n) is 3.81.